The van der Waals surface area contributed by atoms with Crippen molar-refractivity contribution >= 4 is 51.8 Å². The van der Waals surface area contributed by atoms with E-state index >= 15 is 4.39 Å². The minimum Gasteiger partial charge on any atom is -0.364 e. The third-order valence-corrected chi connectivity index (χ3v) is 6.71. The Balaban J connectivity index is 1.39. The molecule has 0 bridgehead atoms. The molecule has 5 rings (SSSR count). The van der Waals surface area contributed by atoms with Gasteiger partial charge in [0.25, 0.3) is 11.8 Å². The van der Waals surface area contributed by atoms with Crippen LogP contribution in [-0.4, -0.2) is 44.4 Å². The quantitative estimate of drug-likeness (QED) is 0.390. The first kappa shape index (κ1) is 25.1. The van der Waals surface area contributed by atoms with E-state index in [0.717, 1.165) is 4.90 Å². The average molecular weight is 534 g/mol. The molecule has 1 atom stereocenters. The fourth-order valence-corrected chi connectivity index (χ4v) is 4.85. The molecule has 1 aliphatic rings. The van der Waals surface area contributed by atoms with Crippen LogP contribution in [0.3, 0.4) is 0 Å². The standard InChI is InChI=1S/C27H21ClFN5O4/c28-18-9-3-1-6-15(18)16-8-5-10-19(24(16)29)31-27(38)21-12-13-22(35)34(21)23(36)14-33-20-11-4-2-7-17(20)25(32-33)26(30)37/h1-11,21H,12-14H2,(H2,30,37)(H,31,38). The van der Waals surface area contributed by atoms with Gasteiger partial charge in [0.1, 0.15) is 12.6 Å². The molecule has 9 nitrogen and oxygen atoms in total. The van der Waals surface area contributed by atoms with Gasteiger partial charge in [-0.25, -0.2) is 4.39 Å². The van der Waals surface area contributed by atoms with Crippen molar-refractivity contribution in [1.82, 2.24) is 14.7 Å². The Kier molecular flexibility index (Phi) is 6.64. The summed E-state index contributed by atoms with van der Waals surface area (Å²) in [6.07, 6.45) is 0.0486. The highest BCUT2D eigenvalue weighted by Crippen LogP contribution is 2.33. The van der Waals surface area contributed by atoms with Crippen molar-refractivity contribution in [2.75, 3.05) is 5.32 Å². The van der Waals surface area contributed by atoms with E-state index in [1.54, 1.807) is 54.6 Å². The number of anilines is 1. The van der Waals surface area contributed by atoms with Crippen LogP contribution >= 0.6 is 11.6 Å². The smallest absolute Gasteiger partial charge is 0.269 e. The van der Waals surface area contributed by atoms with E-state index in [2.05, 4.69) is 10.4 Å². The second kappa shape index (κ2) is 10.1. The Morgan fingerprint density at radius 2 is 1.74 bits per heavy atom. The van der Waals surface area contributed by atoms with Crippen molar-refractivity contribution in [1.29, 1.82) is 0 Å². The van der Waals surface area contributed by atoms with Crippen molar-refractivity contribution in [3.63, 3.8) is 0 Å². The predicted molar refractivity (Wildman–Crippen MR) is 139 cm³/mol. The number of hydrogen-bond acceptors (Lipinski definition) is 5. The van der Waals surface area contributed by atoms with E-state index in [1.807, 2.05) is 0 Å². The van der Waals surface area contributed by atoms with Crippen LogP contribution in [-0.2, 0) is 20.9 Å². The lowest BCUT2D eigenvalue weighted by Gasteiger charge is -2.23. The lowest BCUT2D eigenvalue weighted by Crippen LogP contribution is -2.46. The third kappa shape index (κ3) is 4.50. The number of halogens is 2. The Bertz CT molecular complexity index is 1620. The van der Waals surface area contributed by atoms with Crippen molar-refractivity contribution in [2.45, 2.75) is 25.4 Å². The molecule has 4 aromatic rings. The summed E-state index contributed by atoms with van der Waals surface area (Å²) in [5.74, 6) is -3.39. The first-order chi connectivity index (χ1) is 18.3. The van der Waals surface area contributed by atoms with Gasteiger partial charge >= 0.3 is 0 Å². The fraction of sp³-hybridized carbons (Fsp3) is 0.148. The first-order valence-electron chi connectivity index (χ1n) is 11.7. The molecule has 3 N–H and O–H groups in total. The Morgan fingerprint density at radius 1 is 1.03 bits per heavy atom. The second-order valence-corrected chi connectivity index (χ2v) is 9.14. The van der Waals surface area contributed by atoms with Gasteiger partial charge in [0.2, 0.25) is 11.8 Å². The molecule has 0 saturated carbocycles. The minimum absolute atomic E-state index is 0.00989. The van der Waals surface area contributed by atoms with Gasteiger partial charge in [0, 0.05) is 28.0 Å². The summed E-state index contributed by atoms with van der Waals surface area (Å²) < 4.78 is 16.6. The molecule has 4 amide bonds. The van der Waals surface area contributed by atoms with E-state index in [1.165, 1.54) is 16.8 Å². The number of aromatic nitrogens is 2. The summed E-state index contributed by atoms with van der Waals surface area (Å²) in [6, 6.07) is 16.8. The summed E-state index contributed by atoms with van der Waals surface area (Å²) in [5.41, 5.74) is 6.42. The third-order valence-electron chi connectivity index (χ3n) is 6.38. The topological polar surface area (TPSA) is 127 Å². The number of carbonyl (C=O) groups is 4. The Morgan fingerprint density at radius 3 is 2.50 bits per heavy atom. The van der Waals surface area contributed by atoms with Gasteiger partial charge in [-0.2, -0.15) is 5.10 Å². The molecule has 1 fully saturated rings. The summed E-state index contributed by atoms with van der Waals surface area (Å²) in [5, 5.41) is 7.46. The highest BCUT2D eigenvalue weighted by molar-refractivity contribution is 6.33. The van der Waals surface area contributed by atoms with E-state index in [-0.39, 0.29) is 29.8 Å². The molecule has 192 valence electrons. The maximum Gasteiger partial charge on any atom is 0.269 e. The van der Waals surface area contributed by atoms with E-state index in [0.29, 0.717) is 21.5 Å². The first-order valence-corrected chi connectivity index (χ1v) is 12.1. The van der Waals surface area contributed by atoms with Gasteiger partial charge < -0.3 is 11.1 Å². The number of nitrogens with one attached hydrogen (secondary N) is 1. The largest absolute Gasteiger partial charge is 0.364 e. The van der Waals surface area contributed by atoms with E-state index in [4.69, 9.17) is 17.3 Å². The van der Waals surface area contributed by atoms with Crippen molar-refractivity contribution in [3.8, 4) is 11.1 Å². The van der Waals surface area contributed by atoms with Crippen LogP contribution < -0.4 is 11.1 Å². The number of imide groups is 1. The van der Waals surface area contributed by atoms with Crippen LogP contribution in [0.2, 0.25) is 5.02 Å². The highest BCUT2D eigenvalue weighted by Gasteiger charge is 2.40. The van der Waals surface area contributed by atoms with E-state index in [9.17, 15) is 19.2 Å². The maximum atomic E-state index is 15.4. The number of nitrogens with two attached hydrogens (primary N) is 1. The number of amides is 4. The molecule has 0 aliphatic carbocycles. The predicted octanol–water partition coefficient (Wildman–Crippen LogP) is 3.75. The van der Waals surface area contributed by atoms with Gasteiger partial charge in [0.05, 0.1) is 11.2 Å². The summed E-state index contributed by atoms with van der Waals surface area (Å²) in [7, 11) is 0. The fourth-order valence-electron chi connectivity index (χ4n) is 4.61. The number of benzene rings is 3. The number of carbonyl (C=O) groups excluding carboxylic acids is 4. The summed E-state index contributed by atoms with van der Waals surface area (Å²) in [4.78, 5) is 51.7. The van der Waals surface area contributed by atoms with Crippen LogP contribution in [0.1, 0.15) is 23.3 Å². The molecule has 1 aromatic heterocycles. The van der Waals surface area contributed by atoms with Crippen molar-refractivity contribution in [2.24, 2.45) is 5.73 Å². The summed E-state index contributed by atoms with van der Waals surface area (Å²) >= 11 is 6.22. The van der Waals surface area contributed by atoms with Crippen LogP contribution in [0.4, 0.5) is 10.1 Å². The molecular formula is C27H21ClFN5O4. The van der Waals surface area contributed by atoms with Gasteiger partial charge in [-0.15, -0.1) is 0 Å². The molecule has 0 radical (unpaired) electrons. The van der Waals surface area contributed by atoms with Gasteiger partial charge in [0.15, 0.2) is 11.5 Å². The Hall–Kier alpha value is -4.57. The zero-order chi connectivity index (χ0) is 27.0. The molecular weight excluding hydrogens is 513 g/mol. The highest BCUT2D eigenvalue weighted by atomic mass is 35.5. The van der Waals surface area contributed by atoms with Crippen molar-refractivity contribution in [3.05, 3.63) is 83.3 Å². The van der Waals surface area contributed by atoms with Crippen LogP contribution in [0, 0.1) is 5.82 Å². The molecule has 0 spiro atoms. The zero-order valence-electron chi connectivity index (χ0n) is 19.9. The van der Waals surface area contributed by atoms with E-state index < -0.39 is 42.0 Å². The summed E-state index contributed by atoms with van der Waals surface area (Å²) in [6.45, 7) is -0.403. The number of rotatable bonds is 6. The Labute approximate surface area is 221 Å². The number of fused-ring (bicyclic) bond motifs is 1. The van der Waals surface area contributed by atoms with Gasteiger partial charge in [-0.3, -0.25) is 28.8 Å². The maximum absolute atomic E-state index is 15.4. The SMILES string of the molecule is NC(=O)c1nn(CC(=O)N2C(=O)CCC2C(=O)Nc2cccc(-c3ccccc3Cl)c2F)c2ccccc12. The molecule has 11 heteroatoms. The van der Waals surface area contributed by atoms with Crippen LogP contribution in [0.5, 0.6) is 0 Å². The molecule has 2 heterocycles. The number of primary amides is 1. The lowest BCUT2D eigenvalue weighted by atomic mass is 10.0. The molecule has 1 unspecified atom stereocenters. The number of hydrogen-bond donors (Lipinski definition) is 2. The monoisotopic (exact) mass is 533 g/mol. The zero-order valence-corrected chi connectivity index (χ0v) is 20.6. The average Bonchev–Trinajstić information content (AvgIpc) is 3.47. The molecule has 3 aromatic carbocycles. The molecule has 38 heavy (non-hydrogen) atoms. The molecule has 1 saturated heterocycles. The van der Waals surface area contributed by atoms with Crippen LogP contribution in [0.15, 0.2) is 66.7 Å². The van der Waals surface area contributed by atoms with Gasteiger partial charge in [-0.1, -0.05) is 60.1 Å². The minimum atomic E-state index is -1.14. The number of likely N-dealkylation sites (tertiary alicyclic amines) is 1. The normalized spacial score (nSPS) is 15.2. The van der Waals surface area contributed by atoms with Gasteiger partial charge in [-0.05, 0) is 24.6 Å². The lowest BCUT2D eigenvalue weighted by molar-refractivity contribution is -0.147. The number of para-hydroxylation sites is 1. The molecule has 1 aliphatic heterocycles. The van der Waals surface area contributed by atoms with Crippen LogP contribution in [0.25, 0.3) is 22.0 Å². The second-order valence-electron chi connectivity index (χ2n) is 8.74. The number of nitrogens with zero attached hydrogens (tertiary/aromatic N) is 3. The van der Waals surface area contributed by atoms with Crippen molar-refractivity contribution < 1.29 is 23.6 Å².